The molecule has 0 atom stereocenters. The summed E-state index contributed by atoms with van der Waals surface area (Å²) in [6, 6.07) is 2.43. The van der Waals surface area contributed by atoms with Crippen LogP contribution in [0.5, 0.6) is 5.88 Å². The molecule has 19 heavy (non-hydrogen) atoms. The second-order valence-corrected chi connectivity index (χ2v) is 5.08. The Labute approximate surface area is 116 Å². The molecule has 0 bridgehead atoms. The number of unbranched alkanes of at least 4 members (excludes halogenated alkanes) is 1. The van der Waals surface area contributed by atoms with Crippen molar-refractivity contribution < 1.29 is 4.74 Å². The first kappa shape index (κ1) is 15.7. The predicted octanol–water partition coefficient (Wildman–Crippen LogP) is 2.33. The highest BCUT2D eigenvalue weighted by atomic mass is 16.5. The van der Waals surface area contributed by atoms with Crippen molar-refractivity contribution in [2.45, 2.75) is 39.7 Å². The Morgan fingerprint density at radius 2 is 2.05 bits per heavy atom. The molecular weight excluding hydrogens is 240 g/mol. The summed E-state index contributed by atoms with van der Waals surface area (Å²) in [4.78, 5) is 10.9. The van der Waals surface area contributed by atoms with Gasteiger partial charge in [-0.25, -0.2) is 4.98 Å². The zero-order valence-corrected chi connectivity index (χ0v) is 12.7. The molecule has 108 valence electrons. The minimum atomic E-state index is 0.606. The third-order valence-electron chi connectivity index (χ3n) is 3.14. The quantitative estimate of drug-likeness (QED) is 0.732. The Balaban J connectivity index is 2.28. The van der Waals surface area contributed by atoms with E-state index in [0.717, 1.165) is 25.2 Å². The lowest BCUT2D eigenvalue weighted by molar-refractivity contribution is 0.269. The molecule has 0 fully saturated rings. The van der Waals surface area contributed by atoms with Crippen LogP contribution in [-0.2, 0) is 0 Å². The fourth-order valence-electron chi connectivity index (χ4n) is 1.67. The van der Waals surface area contributed by atoms with Crippen LogP contribution in [0, 0.1) is 6.92 Å². The van der Waals surface area contributed by atoms with Gasteiger partial charge in [-0.2, -0.15) is 4.98 Å². The Bertz CT molecular complexity index is 382. The molecule has 1 aromatic rings. The minimum Gasteiger partial charge on any atom is -0.481 e. The van der Waals surface area contributed by atoms with Crippen LogP contribution >= 0.6 is 0 Å². The molecule has 0 saturated heterocycles. The molecule has 0 aromatic carbocycles. The van der Waals surface area contributed by atoms with Gasteiger partial charge in [0, 0.05) is 24.3 Å². The van der Waals surface area contributed by atoms with Crippen LogP contribution in [0.2, 0.25) is 0 Å². The van der Waals surface area contributed by atoms with Crippen molar-refractivity contribution in [1.82, 2.24) is 14.9 Å². The van der Waals surface area contributed by atoms with Crippen molar-refractivity contribution in [2.24, 2.45) is 0 Å². The minimum absolute atomic E-state index is 0.606. The van der Waals surface area contributed by atoms with Gasteiger partial charge in [0.1, 0.15) is 0 Å². The average Bonchev–Trinajstić information content (AvgIpc) is 2.37. The molecule has 0 spiro atoms. The molecule has 0 aliphatic carbocycles. The molecule has 0 unspecified atom stereocenters. The molecule has 5 nitrogen and oxygen atoms in total. The number of aryl methyl sites for hydroxylation is 1. The molecule has 0 saturated carbocycles. The van der Waals surface area contributed by atoms with Crippen molar-refractivity contribution in [2.75, 3.05) is 32.6 Å². The summed E-state index contributed by atoms with van der Waals surface area (Å²) < 4.78 is 5.12. The number of rotatable bonds is 8. The van der Waals surface area contributed by atoms with E-state index in [-0.39, 0.29) is 0 Å². The maximum absolute atomic E-state index is 5.12. The van der Waals surface area contributed by atoms with Crippen LogP contribution in [0.1, 0.15) is 32.4 Å². The van der Waals surface area contributed by atoms with Crippen molar-refractivity contribution >= 4 is 5.95 Å². The largest absolute Gasteiger partial charge is 0.481 e. The maximum Gasteiger partial charge on any atom is 0.226 e. The van der Waals surface area contributed by atoms with Gasteiger partial charge in [-0.15, -0.1) is 0 Å². The van der Waals surface area contributed by atoms with E-state index >= 15 is 0 Å². The van der Waals surface area contributed by atoms with Crippen LogP contribution in [0.25, 0.3) is 0 Å². The molecule has 0 radical (unpaired) electrons. The Kier molecular flexibility index (Phi) is 6.56. The molecular formula is C14H26N4O. The molecule has 1 rings (SSSR count). The number of hydrogen-bond acceptors (Lipinski definition) is 5. The van der Waals surface area contributed by atoms with Crippen LogP contribution in [0.15, 0.2) is 6.07 Å². The van der Waals surface area contributed by atoms with Gasteiger partial charge in [-0.05, 0) is 47.2 Å². The van der Waals surface area contributed by atoms with Gasteiger partial charge in [0.05, 0.1) is 7.11 Å². The molecule has 0 amide bonds. The lowest BCUT2D eigenvalue weighted by Crippen LogP contribution is -2.27. The third-order valence-corrected chi connectivity index (χ3v) is 3.14. The number of aromatic nitrogens is 2. The lowest BCUT2D eigenvalue weighted by atomic mass is 10.2. The summed E-state index contributed by atoms with van der Waals surface area (Å²) in [5.41, 5.74) is 0.911. The van der Waals surface area contributed by atoms with Crippen molar-refractivity contribution in [3.05, 3.63) is 11.8 Å². The van der Waals surface area contributed by atoms with Gasteiger partial charge in [-0.3, -0.25) is 0 Å². The molecule has 0 aliphatic rings. The van der Waals surface area contributed by atoms with Crippen molar-refractivity contribution in [3.8, 4) is 5.88 Å². The highest BCUT2D eigenvalue weighted by Gasteiger charge is 2.03. The van der Waals surface area contributed by atoms with Gasteiger partial charge in [0.25, 0.3) is 0 Å². The SMILES string of the molecule is COc1cc(C)nc(NCCCCN(C)C(C)C)n1. The van der Waals surface area contributed by atoms with Crippen LogP contribution in [-0.4, -0.2) is 48.2 Å². The lowest BCUT2D eigenvalue weighted by Gasteiger charge is -2.20. The first-order valence-electron chi connectivity index (χ1n) is 6.86. The van der Waals surface area contributed by atoms with Crippen molar-refractivity contribution in [3.63, 3.8) is 0 Å². The van der Waals surface area contributed by atoms with E-state index in [1.54, 1.807) is 7.11 Å². The van der Waals surface area contributed by atoms with E-state index in [0.29, 0.717) is 17.9 Å². The van der Waals surface area contributed by atoms with Gasteiger partial charge < -0.3 is 15.0 Å². The second kappa shape index (κ2) is 7.94. The summed E-state index contributed by atoms with van der Waals surface area (Å²) >= 11 is 0. The van der Waals surface area contributed by atoms with Crippen LogP contribution < -0.4 is 10.1 Å². The highest BCUT2D eigenvalue weighted by molar-refractivity contribution is 5.30. The number of nitrogens with zero attached hydrogens (tertiary/aromatic N) is 3. The standard InChI is InChI=1S/C14H26N4O/c1-11(2)18(4)9-7-6-8-15-14-16-12(3)10-13(17-14)19-5/h10-11H,6-9H2,1-5H3,(H,15,16,17). The number of anilines is 1. The van der Waals surface area contributed by atoms with Crippen LogP contribution in [0.3, 0.4) is 0 Å². The normalized spacial score (nSPS) is 11.1. The van der Waals surface area contributed by atoms with Gasteiger partial charge in [0.2, 0.25) is 11.8 Å². The first-order chi connectivity index (χ1) is 9.02. The van der Waals surface area contributed by atoms with E-state index in [2.05, 4.69) is 41.1 Å². The smallest absolute Gasteiger partial charge is 0.226 e. The van der Waals surface area contributed by atoms with Gasteiger partial charge in [0.15, 0.2) is 0 Å². The Hall–Kier alpha value is -1.36. The Morgan fingerprint density at radius 3 is 2.68 bits per heavy atom. The van der Waals surface area contributed by atoms with Crippen LogP contribution in [0.4, 0.5) is 5.95 Å². The predicted molar refractivity (Wildman–Crippen MR) is 78.8 cm³/mol. The summed E-state index contributed by atoms with van der Waals surface area (Å²) in [6.07, 6.45) is 2.28. The van der Waals surface area contributed by atoms with E-state index in [9.17, 15) is 0 Å². The number of ether oxygens (including phenoxy) is 1. The van der Waals surface area contributed by atoms with E-state index < -0.39 is 0 Å². The Morgan fingerprint density at radius 1 is 1.32 bits per heavy atom. The molecule has 1 heterocycles. The highest BCUT2D eigenvalue weighted by Crippen LogP contribution is 2.11. The topological polar surface area (TPSA) is 50.3 Å². The average molecular weight is 266 g/mol. The molecule has 1 aromatic heterocycles. The van der Waals surface area contributed by atoms with E-state index in [1.807, 2.05) is 13.0 Å². The zero-order chi connectivity index (χ0) is 14.3. The first-order valence-corrected chi connectivity index (χ1v) is 6.86. The summed E-state index contributed by atoms with van der Waals surface area (Å²) in [5.74, 6) is 1.25. The zero-order valence-electron chi connectivity index (χ0n) is 12.7. The number of nitrogens with one attached hydrogen (secondary N) is 1. The molecule has 0 aliphatic heterocycles. The molecule has 5 heteroatoms. The maximum atomic E-state index is 5.12. The number of methoxy groups -OCH3 is 1. The molecule has 1 N–H and O–H groups in total. The monoisotopic (exact) mass is 266 g/mol. The second-order valence-electron chi connectivity index (χ2n) is 5.08. The summed E-state index contributed by atoms with van der Waals surface area (Å²) in [5, 5.41) is 3.24. The van der Waals surface area contributed by atoms with Gasteiger partial charge >= 0.3 is 0 Å². The van der Waals surface area contributed by atoms with Gasteiger partial charge in [-0.1, -0.05) is 0 Å². The third kappa shape index (κ3) is 5.87. The fourth-order valence-corrected chi connectivity index (χ4v) is 1.67. The fraction of sp³-hybridized carbons (Fsp3) is 0.714. The summed E-state index contributed by atoms with van der Waals surface area (Å²) in [7, 11) is 3.78. The van der Waals surface area contributed by atoms with E-state index in [1.165, 1.54) is 6.42 Å². The summed E-state index contributed by atoms with van der Waals surface area (Å²) in [6.45, 7) is 8.37. The van der Waals surface area contributed by atoms with Crippen molar-refractivity contribution in [1.29, 1.82) is 0 Å². The number of hydrogen-bond donors (Lipinski definition) is 1. The van der Waals surface area contributed by atoms with E-state index in [4.69, 9.17) is 4.74 Å².